The molecule has 0 radical (unpaired) electrons. The minimum Gasteiger partial charge on any atom is -0.497 e. The summed E-state index contributed by atoms with van der Waals surface area (Å²) in [5.41, 5.74) is 3.10. The lowest BCUT2D eigenvalue weighted by Crippen LogP contribution is -2.32. The highest BCUT2D eigenvalue weighted by atomic mass is 16.5. The second kappa shape index (κ2) is 8.91. The van der Waals surface area contributed by atoms with E-state index in [1.54, 1.807) is 12.0 Å². The number of methoxy groups -OCH3 is 1. The summed E-state index contributed by atoms with van der Waals surface area (Å²) < 4.78 is 5.15. The number of amides is 2. The van der Waals surface area contributed by atoms with E-state index in [4.69, 9.17) is 4.74 Å². The van der Waals surface area contributed by atoms with Crippen molar-refractivity contribution in [2.24, 2.45) is 5.92 Å². The summed E-state index contributed by atoms with van der Waals surface area (Å²) in [4.78, 5) is 27.0. The number of nitrogens with one attached hydrogen (secondary N) is 1. The Morgan fingerprint density at radius 1 is 1.21 bits per heavy atom. The monoisotopic (exact) mass is 380 g/mol. The Morgan fingerprint density at radius 2 is 1.93 bits per heavy atom. The standard InChI is InChI=1S/C23H28N2O3/c1-4-16(2)20-7-5-6-8-21(20)25-15-18(13-22(25)26)23(27)24-14-17-9-11-19(28-3)12-10-17/h5-12,16,18H,4,13-15H2,1-3H3,(H,24,27). The molecule has 1 N–H and O–H groups in total. The molecule has 2 unspecified atom stereocenters. The van der Waals surface area contributed by atoms with E-state index in [9.17, 15) is 9.59 Å². The molecule has 1 heterocycles. The normalized spacial score (nSPS) is 17.5. The molecule has 5 heteroatoms. The van der Waals surface area contributed by atoms with Gasteiger partial charge in [-0.15, -0.1) is 0 Å². The van der Waals surface area contributed by atoms with Gasteiger partial charge in [-0.05, 0) is 41.7 Å². The van der Waals surface area contributed by atoms with Crippen LogP contribution in [0.15, 0.2) is 48.5 Å². The molecule has 5 nitrogen and oxygen atoms in total. The van der Waals surface area contributed by atoms with Gasteiger partial charge in [0.25, 0.3) is 0 Å². The van der Waals surface area contributed by atoms with Gasteiger partial charge in [-0.25, -0.2) is 0 Å². The van der Waals surface area contributed by atoms with E-state index in [0.29, 0.717) is 19.0 Å². The highest BCUT2D eigenvalue weighted by Gasteiger charge is 2.36. The van der Waals surface area contributed by atoms with E-state index < -0.39 is 0 Å². The maximum absolute atomic E-state index is 12.6. The van der Waals surface area contributed by atoms with Crippen molar-refractivity contribution in [3.63, 3.8) is 0 Å². The third kappa shape index (κ3) is 4.35. The molecule has 0 spiro atoms. The van der Waals surface area contributed by atoms with E-state index in [1.807, 2.05) is 42.5 Å². The molecule has 0 bridgehead atoms. The van der Waals surface area contributed by atoms with E-state index in [1.165, 1.54) is 0 Å². The summed E-state index contributed by atoms with van der Waals surface area (Å²) in [7, 11) is 1.62. The van der Waals surface area contributed by atoms with Gasteiger partial charge in [-0.1, -0.05) is 44.2 Å². The molecule has 3 rings (SSSR count). The molecule has 1 aliphatic rings. The smallest absolute Gasteiger partial charge is 0.227 e. The Morgan fingerprint density at radius 3 is 2.61 bits per heavy atom. The van der Waals surface area contributed by atoms with Crippen LogP contribution >= 0.6 is 0 Å². The van der Waals surface area contributed by atoms with Gasteiger partial charge in [0.05, 0.1) is 13.0 Å². The highest BCUT2D eigenvalue weighted by Crippen LogP contribution is 2.33. The first-order valence-corrected chi connectivity index (χ1v) is 9.83. The molecule has 1 saturated heterocycles. The fourth-order valence-corrected chi connectivity index (χ4v) is 3.56. The van der Waals surface area contributed by atoms with Gasteiger partial charge in [-0.2, -0.15) is 0 Å². The van der Waals surface area contributed by atoms with E-state index in [2.05, 4.69) is 25.2 Å². The molecule has 2 atom stereocenters. The number of carbonyl (C=O) groups excluding carboxylic acids is 2. The number of anilines is 1. The van der Waals surface area contributed by atoms with Crippen molar-refractivity contribution in [2.45, 2.75) is 39.2 Å². The molecular weight excluding hydrogens is 352 g/mol. The van der Waals surface area contributed by atoms with Crippen molar-refractivity contribution in [1.82, 2.24) is 5.32 Å². The van der Waals surface area contributed by atoms with Gasteiger partial charge in [-0.3, -0.25) is 9.59 Å². The van der Waals surface area contributed by atoms with E-state index in [0.717, 1.165) is 29.0 Å². The lowest BCUT2D eigenvalue weighted by molar-refractivity contribution is -0.126. The summed E-state index contributed by atoms with van der Waals surface area (Å²) >= 11 is 0. The van der Waals surface area contributed by atoms with Crippen LogP contribution in [0.25, 0.3) is 0 Å². The van der Waals surface area contributed by atoms with Crippen molar-refractivity contribution in [3.8, 4) is 5.75 Å². The Balaban J connectivity index is 1.64. The van der Waals surface area contributed by atoms with Gasteiger partial charge in [0, 0.05) is 25.2 Å². The summed E-state index contributed by atoms with van der Waals surface area (Å²) in [6.45, 7) is 5.18. The lowest BCUT2D eigenvalue weighted by Gasteiger charge is -2.23. The number of ether oxygens (including phenoxy) is 1. The van der Waals surface area contributed by atoms with Gasteiger partial charge in [0.1, 0.15) is 5.75 Å². The molecule has 2 aromatic rings. The summed E-state index contributed by atoms with van der Waals surface area (Å²) in [5.74, 6) is 0.766. The topological polar surface area (TPSA) is 58.6 Å². The zero-order valence-corrected chi connectivity index (χ0v) is 16.8. The lowest BCUT2D eigenvalue weighted by atomic mass is 9.96. The minimum absolute atomic E-state index is 0.0142. The largest absolute Gasteiger partial charge is 0.497 e. The summed E-state index contributed by atoms with van der Waals surface area (Å²) in [5, 5.41) is 2.96. The van der Waals surface area contributed by atoms with Gasteiger partial charge >= 0.3 is 0 Å². The molecule has 1 fully saturated rings. The molecule has 1 aliphatic heterocycles. The first kappa shape index (κ1) is 19.9. The van der Waals surface area contributed by atoms with E-state index >= 15 is 0 Å². The third-order valence-electron chi connectivity index (χ3n) is 5.49. The Kier molecular flexibility index (Phi) is 6.34. The van der Waals surface area contributed by atoms with Gasteiger partial charge in [0.15, 0.2) is 0 Å². The fourth-order valence-electron chi connectivity index (χ4n) is 3.56. The minimum atomic E-state index is -0.323. The second-order valence-corrected chi connectivity index (χ2v) is 7.34. The highest BCUT2D eigenvalue weighted by molar-refractivity contribution is 6.00. The quantitative estimate of drug-likeness (QED) is 0.793. The van der Waals surface area contributed by atoms with E-state index in [-0.39, 0.29) is 24.2 Å². The van der Waals surface area contributed by atoms with Gasteiger partial charge in [0.2, 0.25) is 11.8 Å². The molecule has 0 aromatic heterocycles. The van der Waals surface area contributed by atoms with Crippen molar-refractivity contribution >= 4 is 17.5 Å². The predicted molar refractivity (Wildman–Crippen MR) is 110 cm³/mol. The maximum Gasteiger partial charge on any atom is 0.227 e. The number of carbonyl (C=O) groups is 2. The molecule has 28 heavy (non-hydrogen) atoms. The van der Waals surface area contributed by atoms with Crippen molar-refractivity contribution in [2.75, 3.05) is 18.6 Å². The second-order valence-electron chi connectivity index (χ2n) is 7.34. The zero-order valence-electron chi connectivity index (χ0n) is 16.8. The number of rotatable bonds is 7. The fraction of sp³-hybridized carbons (Fsp3) is 0.391. The summed E-state index contributed by atoms with van der Waals surface area (Å²) in [6, 6.07) is 15.6. The Hall–Kier alpha value is -2.82. The third-order valence-corrected chi connectivity index (χ3v) is 5.49. The maximum atomic E-state index is 12.6. The van der Waals surface area contributed by atoms with Crippen LogP contribution in [0.1, 0.15) is 43.7 Å². The summed E-state index contributed by atoms with van der Waals surface area (Å²) in [6.07, 6.45) is 1.26. The first-order valence-electron chi connectivity index (χ1n) is 9.83. The zero-order chi connectivity index (χ0) is 20.1. The molecule has 148 valence electrons. The Bertz CT molecular complexity index is 832. The van der Waals surface area contributed by atoms with Crippen molar-refractivity contribution < 1.29 is 14.3 Å². The van der Waals surface area contributed by atoms with Crippen molar-refractivity contribution in [3.05, 3.63) is 59.7 Å². The molecule has 0 aliphatic carbocycles. The number of para-hydroxylation sites is 1. The van der Waals surface area contributed by atoms with Crippen LogP contribution in [-0.4, -0.2) is 25.5 Å². The number of hydrogen-bond acceptors (Lipinski definition) is 3. The molecule has 2 amide bonds. The average molecular weight is 380 g/mol. The van der Waals surface area contributed by atoms with Crippen LogP contribution in [0.3, 0.4) is 0 Å². The van der Waals surface area contributed by atoms with Crippen LogP contribution < -0.4 is 15.0 Å². The van der Waals surface area contributed by atoms with Gasteiger partial charge < -0.3 is 15.0 Å². The van der Waals surface area contributed by atoms with Crippen LogP contribution in [-0.2, 0) is 16.1 Å². The number of nitrogens with zero attached hydrogens (tertiary/aromatic N) is 1. The number of hydrogen-bond donors (Lipinski definition) is 1. The van der Waals surface area contributed by atoms with Crippen LogP contribution in [0, 0.1) is 5.92 Å². The molecular formula is C23H28N2O3. The SMILES string of the molecule is CCC(C)c1ccccc1N1CC(C(=O)NCc2ccc(OC)cc2)CC1=O. The Labute approximate surface area is 166 Å². The molecule has 0 saturated carbocycles. The van der Waals surface area contributed by atoms with Crippen LogP contribution in [0.4, 0.5) is 5.69 Å². The van der Waals surface area contributed by atoms with Crippen LogP contribution in [0.5, 0.6) is 5.75 Å². The first-order chi connectivity index (χ1) is 13.5. The predicted octanol–water partition coefficient (Wildman–Crippen LogP) is 3.88. The molecule has 2 aromatic carbocycles. The van der Waals surface area contributed by atoms with Crippen LogP contribution in [0.2, 0.25) is 0 Å². The van der Waals surface area contributed by atoms with Crippen molar-refractivity contribution in [1.29, 1.82) is 0 Å². The average Bonchev–Trinajstić information content (AvgIpc) is 3.13. The number of benzene rings is 2.